The Hall–Kier alpha value is -2.12. The lowest BCUT2D eigenvalue weighted by Crippen LogP contribution is -2.47. The number of likely N-dealkylation sites (tertiary alicyclic amines) is 1. The number of carbonyl (C=O) groups excluding carboxylic acids is 2. The van der Waals surface area contributed by atoms with Gasteiger partial charge >= 0.3 is 6.03 Å². The number of hydrogen-bond acceptors (Lipinski definition) is 4. The predicted molar refractivity (Wildman–Crippen MR) is 91.6 cm³/mol. The van der Waals surface area contributed by atoms with Gasteiger partial charge in [0.15, 0.2) is 0 Å². The van der Waals surface area contributed by atoms with Crippen LogP contribution in [0.3, 0.4) is 0 Å². The van der Waals surface area contributed by atoms with Crippen molar-refractivity contribution in [1.29, 1.82) is 0 Å². The summed E-state index contributed by atoms with van der Waals surface area (Å²) in [7, 11) is 3.52. The molecule has 2 heterocycles. The van der Waals surface area contributed by atoms with E-state index >= 15 is 0 Å². The monoisotopic (exact) mass is 336 g/mol. The zero-order chi connectivity index (χ0) is 17.7. The zero-order valence-electron chi connectivity index (χ0n) is 15.0. The van der Waals surface area contributed by atoms with Gasteiger partial charge in [-0.25, -0.2) is 4.79 Å². The molecule has 1 fully saturated rings. The highest BCUT2D eigenvalue weighted by molar-refractivity contribution is 5.91. The summed E-state index contributed by atoms with van der Waals surface area (Å²) in [5.74, 6) is 1.14. The van der Waals surface area contributed by atoms with Crippen molar-refractivity contribution in [2.24, 2.45) is 18.9 Å². The number of urea groups is 1. The molecule has 1 saturated heterocycles. The van der Waals surface area contributed by atoms with Gasteiger partial charge in [0.05, 0.1) is 0 Å². The predicted octanol–water partition coefficient (Wildman–Crippen LogP) is 1.25. The molecule has 0 saturated carbocycles. The van der Waals surface area contributed by atoms with Gasteiger partial charge in [-0.2, -0.15) is 0 Å². The van der Waals surface area contributed by atoms with Gasteiger partial charge < -0.3 is 14.8 Å². The summed E-state index contributed by atoms with van der Waals surface area (Å²) in [6.45, 7) is 6.20. The molecule has 0 spiro atoms. The molecule has 1 aromatic rings. The fourth-order valence-corrected chi connectivity index (χ4v) is 2.90. The summed E-state index contributed by atoms with van der Waals surface area (Å²) in [5, 5.41) is 10.7. The third kappa shape index (κ3) is 4.69. The van der Waals surface area contributed by atoms with Gasteiger partial charge in [-0.1, -0.05) is 13.8 Å². The Labute approximate surface area is 143 Å². The number of aryl methyl sites for hydroxylation is 1. The lowest BCUT2D eigenvalue weighted by Gasteiger charge is -2.33. The number of carbonyl (C=O) groups is 2. The molecule has 1 aliphatic rings. The molecule has 1 aliphatic heterocycles. The largest absolute Gasteiger partial charge is 0.338 e. The fraction of sp³-hybridized carbons (Fsp3) is 0.750. The number of rotatable bonds is 5. The molecule has 0 unspecified atom stereocenters. The molecular formula is C16H28N6O2. The van der Waals surface area contributed by atoms with E-state index in [0.717, 1.165) is 19.4 Å². The van der Waals surface area contributed by atoms with Crippen molar-refractivity contribution >= 4 is 17.9 Å². The maximum Gasteiger partial charge on any atom is 0.317 e. The summed E-state index contributed by atoms with van der Waals surface area (Å²) < 4.78 is 1.71. The van der Waals surface area contributed by atoms with Gasteiger partial charge in [-0.3, -0.25) is 9.69 Å². The highest BCUT2D eigenvalue weighted by atomic mass is 16.2. The molecule has 0 radical (unpaired) electrons. The first-order valence-corrected chi connectivity index (χ1v) is 8.51. The topological polar surface area (TPSA) is 83.4 Å². The van der Waals surface area contributed by atoms with Gasteiger partial charge in [0.25, 0.3) is 0 Å². The smallest absolute Gasteiger partial charge is 0.317 e. The molecule has 0 aliphatic carbocycles. The Bertz CT molecular complexity index is 571. The first-order chi connectivity index (χ1) is 11.4. The van der Waals surface area contributed by atoms with E-state index < -0.39 is 0 Å². The van der Waals surface area contributed by atoms with Gasteiger partial charge in [0, 0.05) is 40.2 Å². The highest BCUT2D eigenvalue weighted by Crippen LogP contribution is 2.21. The Morgan fingerprint density at radius 1 is 1.46 bits per heavy atom. The molecule has 1 aromatic heterocycles. The summed E-state index contributed by atoms with van der Waals surface area (Å²) in [6, 6.07) is -0.0255. The molecule has 0 aromatic carbocycles. The van der Waals surface area contributed by atoms with E-state index in [1.165, 1.54) is 4.90 Å². The Morgan fingerprint density at radius 2 is 2.21 bits per heavy atom. The summed E-state index contributed by atoms with van der Waals surface area (Å²) >= 11 is 0. The van der Waals surface area contributed by atoms with E-state index in [0.29, 0.717) is 31.4 Å². The SMILES string of the molecule is CC(C)CNC(=O)N1CCC[C@H](CC(=O)N(C)c2nncn2C)C1. The maximum atomic E-state index is 12.5. The Balaban J connectivity index is 1.87. The third-order valence-electron chi connectivity index (χ3n) is 4.29. The van der Waals surface area contributed by atoms with Crippen molar-refractivity contribution in [3.05, 3.63) is 6.33 Å². The summed E-state index contributed by atoms with van der Waals surface area (Å²) in [4.78, 5) is 28.0. The van der Waals surface area contributed by atoms with Gasteiger partial charge in [-0.15, -0.1) is 10.2 Å². The van der Waals surface area contributed by atoms with Gasteiger partial charge in [-0.05, 0) is 24.7 Å². The second-order valence-corrected chi connectivity index (χ2v) is 6.93. The van der Waals surface area contributed by atoms with E-state index in [4.69, 9.17) is 0 Å². The standard InChI is InChI=1S/C16H28N6O2/c1-12(2)9-17-16(24)22-7-5-6-13(10-22)8-14(23)21(4)15-19-18-11-20(15)3/h11-13H,5-10H2,1-4H3,(H,17,24)/t13-/m1/s1. The van der Waals surface area contributed by atoms with Crippen LogP contribution in [-0.2, 0) is 11.8 Å². The zero-order valence-corrected chi connectivity index (χ0v) is 15.0. The minimum Gasteiger partial charge on any atom is -0.338 e. The van der Waals surface area contributed by atoms with Crippen LogP contribution in [0.25, 0.3) is 0 Å². The number of anilines is 1. The number of amides is 3. The number of hydrogen-bond donors (Lipinski definition) is 1. The third-order valence-corrected chi connectivity index (χ3v) is 4.29. The summed E-state index contributed by atoms with van der Waals surface area (Å²) in [6.07, 6.45) is 3.88. The van der Waals surface area contributed by atoms with Crippen LogP contribution in [0.2, 0.25) is 0 Å². The van der Waals surface area contributed by atoms with Crippen molar-refractivity contribution in [2.75, 3.05) is 31.6 Å². The number of aromatic nitrogens is 3. The van der Waals surface area contributed by atoms with Gasteiger partial charge in [0.1, 0.15) is 6.33 Å². The normalized spacial score (nSPS) is 17.9. The molecule has 134 valence electrons. The van der Waals surface area contributed by atoms with Crippen molar-refractivity contribution in [1.82, 2.24) is 25.0 Å². The van der Waals surface area contributed by atoms with Crippen LogP contribution in [0.5, 0.6) is 0 Å². The van der Waals surface area contributed by atoms with Crippen molar-refractivity contribution < 1.29 is 9.59 Å². The van der Waals surface area contributed by atoms with E-state index in [-0.39, 0.29) is 17.9 Å². The molecule has 1 atom stereocenters. The molecule has 24 heavy (non-hydrogen) atoms. The van der Waals surface area contributed by atoms with Crippen molar-refractivity contribution in [2.45, 2.75) is 33.1 Å². The lowest BCUT2D eigenvalue weighted by molar-refractivity contribution is -0.119. The number of nitrogens with zero attached hydrogens (tertiary/aromatic N) is 5. The molecule has 1 N–H and O–H groups in total. The minimum atomic E-state index is -0.0255. The average molecular weight is 336 g/mol. The second kappa shape index (κ2) is 8.12. The van der Waals surface area contributed by atoms with Crippen LogP contribution in [0.4, 0.5) is 10.7 Å². The van der Waals surface area contributed by atoms with Crippen molar-refractivity contribution in [3.63, 3.8) is 0 Å². The van der Waals surface area contributed by atoms with Crippen LogP contribution < -0.4 is 10.2 Å². The minimum absolute atomic E-state index is 0.000499. The highest BCUT2D eigenvalue weighted by Gasteiger charge is 2.27. The van der Waals surface area contributed by atoms with E-state index in [9.17, 15) is 9.59 Å². The fourth-order valence-electron chi connectivity index (χ4n) is 2.90. The second-order valence-electron chi connectivity index (χ2n) is 6.93. The lowest BCUT2D eigenvalue weighted by atomic mass is 9.94. The molecule has 8 heteroatoms. The maximum absolute atomic E-state index is 12.5. The van der Waals surface area contributed by atoms with Crippen LogP contribution in [-0.4, -0.2) is 58.3 Å². The Morgan fingerprint density at radius 3 is 2.83 bits per heavy atom. The van der Waals surface area contributed by atoms with Crippen molar-refractivity contribution in [3.8, 4) is 0 Å². The van der Waals surface area contributed by atoms with Crippen LogP contribution in [0.15, 0.2) is 6.33 Å². The number of nitrogens with one attached hydrogen (secondary N) is 1. The molecule has 8 nitrogen and oxygen atoms in total. The first-order valence-electron chi connectivity index (χ1n) is 8.51. The van der Waals surface area contributed by atoms with Gasteiger partial charge in [0.2, 0.25) is 11.9 Å². The van der Waals surface area contributed by atoms with Crippen LogP contribution in [0.1, 0.15) is 33.1 Å². The number of piperidine rings is 1. The molecule has 0 bridgehead atoms. The van der Waals surface area contributed by atoms with Crippen LogP contribution >= 0.6 is 0 Å². The van der Waals surface area contributed by atoms with E-state index in [1.54, 1.807) is 25.0 Å². The van der Waals surface area contributed by atoms with E-state index in [1.807, 2.05) is 4.90 Å². The molecule has 3 amide bonds. The quantitative estimate of drug-likeness (QED) is 0.877. The molecule has 2 rings (SSSR count). The first kappa shape index (κ1) is 18.2. The van der Waals surface area contributed by atoms with Crippen LogP contribution in [0, 0.1) is 11.8 Å². The average Bonchev–Trinajstić information content (AvgIpc) is 2.98. The molecular weight excluding hydrogens is 308 g/mol. The Kier molecular flexibility index (Phi) is 6.16. The summed E-state index contributed by atoms with van der Waals surface area (Å²) in [5.41, 5.74) is 0. The van der Waals surface area contributed by atoms with E-state index in [2.05, 4.69) is 29.4 Å².